The highest BCUT2D eigenvalue weighted by Gasteiger charge is 2.14. The van der Waals surface area contributed by atoms with Crippen LogP contribution in [0.5, 0.6) is 5.75 Å². The Morgan fingerprint density at radius 2 is 2.19 bits per heavy atom. The molecular formula is C15H16ClN3OS. The molecule has 0 radical (unpaired) electrons. The molecule has 2 heterocycles. The third-order valence-electron chi connectivity index (χ3n) is 3.35. The van der Waals surface area contributed by atoms with Gasteiger partial charge in [0.25, 0.3) is 0 Å². The van der Waals surface area contributed by atoms with Crippen LogP contribution in [0.15, 0.2) is 23.6 Å². The summed E-state index contributed by atoms with van der Waals surface area (Å²) in [5, 5.41) is 3.16. The molecule has 1 aromatic carbocycles. The number of alkyl halides is 1. The zero-order valence-corrected chi connectivity index (χ0v) is 13.5. The molecule has 0 spiro atoms. The maximum absolute atomic E-state index is 5.92. The maximum Gasteiger partial charge on any atom is 0.146 e. The summed E-state index contributed by atoms with van der Waals surface area (Å²) in [6.45, 7) is 2.73. The first kappa shape index (κ1) is 14.4. The Kier molecular flexibility index (Phi) is 4.12. The number of fused-ring (bicyclic) bond motifs is 1. The number of nitrogens with zero attached hydrogens (tertiary/aromatic N) is 3. The number of benzene rings is 1. The van der Waals surface area contributed by atoms with Gasteiger partial charge in [-0.15, -0.1) is 22.9 Å². The fourth-order valence-electron chi connectivity index (χ4n) is 2.43. The van der Waals surface area contributed by atoms with Crippen LogP contribution < -0.4 is 4.74 Å². The second-order valence-electron chi connectivity index (χ2n) is 4.74. The Morgan fingerprint density at radius 3 is 2.86 bits per heavy atom. The Balaban J connectivity index is 2.11. The summed E-state index contributed by atoms with van der Waals surface area (Å²) >= 11 is 7.58. The van der Waals surface area contributed by atoms with Gasteiger partial charge in [0.05, 0.1) is 29.9 Å². The third kappa shape index (κ3) is 2.76. The van der Waals surface area contributed by atoms with E-state index in [0.717, 1.165) is 39.7 Å². The lowest BCUT2D eigenvalue weighted by Gasteiger charge is -2.07. The van der Waals surface area contributed by atoms with Crippen LogP contribution in [0.25, 0.3) is 11.0 Å². The highest BCUT2D eigenvalue weighted by molar-refractivity contribution is 7.09. The van der Waals surface area contributed by atoms with Crippen LogP contribution in [0.3, 0.4) is 0 Å². The van der Waals surface area contributed by atoms with Crippen molar-refractivity contribution in [2.24, 2.45) is 0 Å². The Morgan fingerprint density at radius 1 is 1.33 bits per heavy atom. The molecule has 0 N–H and O–H groups in total. The molecule has 0 aliphatic rings. The van der Waals surface area contributed by atoms with Gasteiger partial charge in [-0.1, -0.05) is 6.07 Å². The van der Waals surface area contributed by atoms with Crippen LogP contribution in [0.4, 0.5) is 0 Å². The summed E-state index contributed by atoms with van der Waals surface area (Å²) in [4.78, 5) is 9.25. The SMILES string of the molecule is COc1cccc2c1nc(CCCl)n2Cc1csc(C)n1. The maximum atomic E-state index is 5.92. The molecule has 0 amide bonds. The molecule has 21 heavy (non-hydrogen) atoms. The zero-order chi connectivity index (χ0) is 14.8. The first-order valence-electron chi connectivity index (χ1n) is 6.72. The highest BCUT2D eigenvalue weighted by Crippen LogP contribution is 2.27. The van der Waals surface area contributed by atoms with Gasteiger partial charge >= 0.3 is 0 Å². The van der Waals surface area contributed by atoms with Gasteiger partial charge in [0.15, 0.2) is 0 Å². The molecule has 0 atom stereocenters. The largest absolute Gasteiger partial charge is 0.494 e. The summed E-state index contributed by atoms with van der Waals surface area (Å²) in [5.41, 5.74) is 2.99. The number of hydrogen-bond acceptors (Lipinski definition) is 4. The fraction of sp³-hybridized carbons (Fsp3) is 0.333. The van der Waals surface area contributed by atoms with Gasteiger partial charge in [0.1, 0.15) is 17.1 Å². The summed E-state index contributed by atoms with van der Waals surface area (Å²) in [6, 6.07) is 5.97. The van der Waals surface area contributed by atoms with Gasteiger partial charge < -0.3 is 9.30 Å². The van der Waals surface area contributed by atoms with Gasteiger partial charge in [-0.2, -0.15) is 0 Å². The lowest BCUT2D eigenvalue weighted by Crippen LogP contribution is -2.06. The molecule has 3 rings (SSSR count). The smallest absolute Gasteiger partial charge is 0.146 e. The van der Waals surface area contributed by atoms with Gasteiger partial charge in [0.2, 0.25) is 0 Å². The average Bonchev–Trinajstić information content (AvgIpc) is 3.04. The number of methoxy groups -OCH3 is 1. The zero-order valence-electron chi connectivity index (χ0n) is 12.0. The summed E-state index contributed by atoms with van der Waals surface area (Å²) in [6.07, 6.45) is 0.725. The molecule has 4 nitrogen and oxygen atoms in total. The van der Waals surface area contributed by atoms with E-state index in [0.29, 0.717) is 12.4 Å². The molecule has 110 valence electrons. The summed E-state index contributed by atoms with van der Waals surface area (Å²) in [5.74, 6) is 2.30. The van der Waals surface area contributed by atoms with E-state index < -0.39 is 0 Å². The normalized spacial score (nSPS) is 11.2. The second kappa shape index (κ2) is 6.03. The number of rotatable bonds is 5. The van der Waals surface area contributed by atoms with E-state index >= 15 is 0 Å². The topological polar surface area (TPSA) is 39.9 Å². The van der Waals surface area contributed by atoms with E-state index in [4.69, 9.17) is 21.3 Å². The number of halogens is 1. The van der Waals surface area contributed by atoms with Gasteiger partial charge in [0, 0.05) is 17.7 Å². The van der Waals surface area contributed by atoms with E-state index in [2.05, 4.69) is 21.0 Å². The molecule has 0 aliphatic carbocycles. The average molecular weight is 322 g/mol. The van der Waals surface area contributed by atoms with Crippen molar-refractivity contribution in [1.82, 2.24) is 14.5 Å². The number of hydrogen-bond donors (Lipinski definition) is 0. The van der Waals surface area contributed by atoms with Gasteiger partial charge in [-0.25, -0.2) is 9.97 Å². The van der Waals surface area contributed by atoms with Gasteiger partial charge in [-0.05, 0) is 19.1 Å². The highest BCUT2D eigenvalue weighted by atomic mass is 35.5. The van der Waals surface area contributed by atoms with Crippen LogP contribution in [-0.2, 0) is 13.0 Å². The number of ether oxygens (including phenoxy) is 1. The Labute approximate surface area is 132 Å². The second-order valence-corrected chi connectivity index (χ2v) is 6.18. The molecule has 3 aromatic rings. The Hall–Kier alpha value is -1.59. The van der Waals surface area contributed by atoms with Crippen molar-refractivity contribution in [1.29, 1.82) is 0 Å². The minimum Gasteiger partial charge on any atom is -0.494 e. The fourth-order valence-corrected chi connectivity index (χ4v) is 3.20. The predicted molar refractivity (Wildman–Crippen MR) is 86.7 cm³/mol. The number of aromatic nitrogens is 3. The van der Waals surface area contributed by atoms with E-state index in [1.807, 2.05) is 19.1 Å². The Bertz CT molecular complexity index is 765. The van der Waals surface area contributed by atoms with E-state index in [1.54, 1.807) is 18.4 Å². The first-order chi connectivity index (χ1) is 10.2. The molecule has 0 saturated heterocycles. The van der Waals surface area contributed by atoms with Crippen LogP contribution >= 0.6 is 22.9 Å². The molecule has 0 aliphatic heterocycles. The van der Waals surface area contributed by atoms with E-state index in [-0.39, 0.29) is 0 Å². The molecule has 0 saturated carbocycles. The monoisotopic (exact) mass is 321 g/mol. The molecule has 2 aromatic heterocycles. The minimum absolute atomic E-state index is 0.543. The molecule has 0 unspecified atom stereocenters. The summed E-state index contributed by atoms with van der Waals surface area (Å²) < 4.78 is 7.58. The number of aryl methyl sites for hydroxylation is 2. The molecular weight excluding hydrogens is 306 g/mol. The number of thiazole rings is 1. The van der Waals surface area contributed by atoms with Crippen molar-refractivity contribution < 1.29 is 4.74 Å². The molecule has 0 bridgehead atoms. The predicted octanol–water partition coefficient (Wildman–Crippen LogP) is 3.64. The molecule has 6 heteroatoms. The van der Waals surface area contributed by atoms with Crippen molar-refractivity contribution in [3.63, 3.8) is 0 Å². The standard InChI is InChI=1S/C15H16ClN3OS/c1-10-17-11(9-21-10)8-19-12-4-3-5-13(20-2)15(12)18-14(19)6-7-16/h3-5,9H,6-8H2,1-2H3. The number of imidazole rings is 1. The van der Waals surface area contributed by atoms with Crippen LogP contribution in [0.1, 0.15) is 16.5 Å². The van der Waals surface area contributed by atoms with E-state index in [1.165, 1.54) is 0 Å². The van der Waals surface area contributed by atoms with Crippen molar-refractivity contribution in [3.8, 4) is 5.75 Å². The number of para-hydroxylation sites is 1. The quantitative estimate of drug-likeness (QED) is 0.674. The van der Waals surface area contributed by atoms with Crippen LogP contribution in [-0.4, -0.2) is 27.5 Å². The van der Waals surface area contributed by atoms with Crippen molar-refractivity contribution >= 4 is 34.0 Å². The van der Waals surface area contributed by atoms with Crippen molar-refractivity contribution in [2.75, 3.05) is 13.0 Å². The van der Waals surface area contributed by atoms with Crippen molar-refractivity contribution in [3.05, 3.63) is 40.1 Å². The van der Waals surface area contributed by atoms with E-state index in [9.17, 15) is 0 Å². The van der Waals surface area contributed by atoms with Gasteiger partial charge in [-0.3, -0.25) is 0 Å². The van der Waals surface area contributed by atoms with Crippen LogP contribution in [0.2, 0.25) is 0 Å². The lowest BCUT2D eigenvalue weighted by atomic mass is 10.3. The molecule has 0 fully saturated rings. The minimum atomic E-state index is 0.543. The lowest BCUT2D eigenvalue weighted by molar-refractivity contribution is 0.419. The summed E-state index contributed by atoms with van der Waals surface area (Å²) in [7, 11) is 1.67. The van der Waals surface area contributed by atoms with Crippen LogP contribution in [0, 0.1) is 6.92 Å². The van der Waals surface area contributed by atoms with Crippen molar-refractivity contribution in [2.45, 2.75) is 19.9 Å². The third-order valence-corrected chi connectivity index (χ3v) is 4.36. The first-order valence-corrected chi connectivity index (χ1v) is 8.13.